The van der Waals surface area contributed by atoms with Crippen LogP contribution in [0.15, 0.2) is 48.8 Å². The summed E-state index contributed by atoms with van der Waals surface area (Å²) < 4.78 is 0. The van der Waals surface area contributed by atoms with Crippen LogP contribution in [-0.2, 0) is 0 Å². The molecule has 86 valence electrons. The highest BCUT2D eigenvalue weighted by Gasteiger charge is 2.23. The molecule has 0 amide bonds. The minimum Gasteiger partial charge on any atom is -0.346 e. The Morgan fingerprint density at radius 1 is 1.12 bits per heavy atom. The molecule has 0 saturated carbocycles. The highest BCUT2D eigenvalue weighted by Crippen LogP contribution is 2.25. The maximum absolute atomic E-state index is 6.26. The Balaban J connectivity index is 2.04. The summed E-state index contributed by atoms with van der Waals surface area (Å²) in [6, 6.07) is 12.1. The van der Waals surface area contributed by atoms with Crippen LogP contribution in [0.2, 0.25) is 0 Å². The van der Waals surface area contributed by atoms with Crippen molar-refractivity contribution in [2.45, 2.75) is 5.62 Å². The number of halogens is 1. The minimum absolute atomic E-state index is 0.205. The monoisotopic (exact) mass is 245 g/mol. The van der Waals surface area contributed by atoms with E-state index in [1.807, 2.05) is 53.5 Å². The van der Waals surface area contributed by atoms with E-state index in [9.17, 15) is 0 Å². The van der Waals surface area contributed by atoms with Crippen molar-refractivity contribution < 1.29 is 0 Å². The van der Waals surface area contributed by atoms with Gasteiger partial charge in [0.25, 0.3) is 0 Å². The molecule has 0 aliphatic carbocycles. The Hall–Kier alpha value is -1.74. The summed E-state index contributed by atoms with van der Waals surface area (Å²) in [5, 5.41) is 1.14. The van der Waals surface area contributed by atoms with Gasteiger partial charge < -0.3 is 4.90 Å². The van der Waals surface area contributed by atoms with Crippen LogP contribution in [0.1, 0.15) is 0 Å². The topological polar surface area (TPSA) is 19.4 Å². The van der Waals surface area contributed by atoms with Gasteiger partial charge in [-0.25, -0.2) is 4.98 Å². The average molecular weight is 246 g/mol. The fraction of sp³-hybridized carbons (Fsp3) is 0.154. The first kappa shape index (κ1) is 10.4. The predicted octanol–water partition coefficient (Wildman–Crippen LogP) is 2.98. The number of alkyl halides is 1. The van der Waals surface area contributed by atoms with Gasteiger partial charge in [-0.3, -0.25) is 4.90 Å². The number of aromatic nitrogens is 1. The van der Waals surface area contributed by atoms with E-state index in [-0.39, 0.29) is 5.62 Å². The van der Waals surface area contributed by atoms with Crippen LogP contribution in [0.3, 0.4) is 0 Å². The largest absolute Gasteiger partial charge is 0.346 e. The zero-order chi connectivity index (χ0) is 11.8. The Labute approximate surface area is 105 Å². The first-order valence-electron chi connectivity index (χ1n) is 5.44. The first-order valence-corrected chi connectivity index (χ1v) is 5.88. The van der Waals surface area contributed by atoms with Crippen LogP contribution in [0.4, 0.5) is 5.82 Å². The van der Waals surface area contributed by atoms with Gasteiger partial charge in [-0.1, -0.05) is 29.8 Å². The fourth-order valence-electron chi connectivity index (χ4n) is 1.90. The van der Waals surface area contributed by atoms with Crippen molar-refractivity contribution in [1.29, 1.82) is 0 Å². The summed E-state index contributed by atoms with van der Waals surface area (Å²) in [4.78, 5) is 8.47. The zero-order valence-corrected chi connectivity index (χ0v) is 10.2. The van der Waals surface area contributed by atoms with Crippen LogP contribution < -0.4 is 4.90 Å². The van der Waals surface area contributed by atoms with Crippen LogP contribution in [-0.4, -0.2) is 22.6 Å². The number of nitrogens with zero attached hydrogens (tertiary/aromatic N) is 3. The molecule has 2 heterocycles. The average Bonchev–Trinajstić information content (AvgIpc) is 2.70. The fourth-order valence-corrected chi connectivity index (χ4v) is 2.13. The molecule has 2 aromatic rings. The third-order valence-corrected chi connectivity index (χ3v) is 3.39. The van der Waals surface area contributed by atoms with Crippen molar-refractivity contribution in [3.63, 3.8) is 0 Å². The second-order valence-corrected chi connectivity index (χ2v) is 4.43. The summed E-state index contributed by atoms with van der Waals surface area (Å²) in [7, 11) is 1.94. The predicted molar refractivity (Wildman–Crippen MR) is 70.8 cm³/mol. The summed E-state index contributed by atoms with van der Waals surface area (Å²) in [5.41, 5.74) is 0.778. The molecule has 1 aliphatic rings. The molecule has 4 heteroatoms. The summed E-state index contributed by atoms with van der Waals surface area (Å²) >= 11 is 6.26. The SMILES string of the molecule is CN1C=CN(c2ccc3ccccc3n2)C1Cl. The molecule has 3 nitrogen and oxygen atoms in total. The number of pyridine rings is 1. The first-order chi connectivity index (χ1) is 8.25. The van der Waals surface area contributed by atoms with Crippen molar-refractivity contribution in [2.75, 3.05) is 11.9 Å². The molecule has 0 spiro atoms. The van der Waals surface area contributed by atoms with Gasteiger partial charge >= 0.3 is 0 Å². The third kappa shape index (κ3) is 1.72. The van der Waals surface area contributed by atoms with E-state index in [1.54, 1.807) is 0 Å². The lowest BCUT2D eigenvalue weighted by Crippen LogP contribution is -2.31. The molecule has 1 aliphatic heterocycles. The van der Waals surface area contributed by atoms with Gasteiger partial charge in [-0.2, -0.15) is 0 Å². The van der Waals surface area contributed by atoms with Crippen molar-refractivity contribution >= 4 is 28.3 Å². The van der Waals surface area contributed by atoms with Crippen LogP contribution >= 0.6 is 11.6 Å². The molecule has 0 bridgehead atoms. The number of rotatable bonds is 1. The molecule has 1 aromatic carbocycles. The number of anilines is 1. The van der Waals surface area contributed by atoms with Crippen molar-refractivity contribution in [3.05, 3.63) is 48.8 Å². The maximum atomic E-state index is 6.26. The van der Waals surface area contributed by atoms with Gasteiger partial charge in [-0.15, -0.1) is 0 Å². The second-order valence-electron chi connectivity index (χ2n) is 4.04. The number of hydrogen-bond donors (Lipinski definition) is 0. The smallest absolute Gasteiger partial charge is 0.184 e. The van der Waals surface area contributed by atoms with E-state index in [1.165, 1.54) is 0 Å². The molecule has 3 rings (SSSR count). The van der Waals surface area contributed by atoms with E-state index in [2.05, 4.69) is 17.1 Å². The lowest BCUT2D eigenvalue weighted by Gasteiger charge is -2.24. The van der Waals surface area contributed by atoms with Gasteiger partial charge in [0.2, 0.25) is 0 Å². The highest BCUT2D eigenvalue weighted by molar-refractivity contribution is 6.22. The van der Waals surface area contributed by atoms with E-state index >= 15 is 0 Å². The summed E-state index contributed by atoms with van der Waals surface area (Å²) in [5.74, 6) is 0.865. The Morgan fingerprint density at radius 2 is 1.94 bits per heavy atom. The maximum Gasteiger partial charge on any atom is 0.184 e. The Kier molecular flexibility index (Phi) is 2.41. The minimum atomic E-state index is -0.205. The van der Waals surface area contributed by atoms with Gasteiger partial charge in [0.15, 0.2) is 5.62 Å². The molecule has 1 atom stereocenters. The van der Waals surface area contributed by atoms with Crippen molar-refractivity contribution in [2.24, 2.45) is 0 Å². The molecule has 0 saturated heterocycles. The van der Waals surface area contributed by atoms with Crippen LogP contribution in [0.5, 0.6) is 0 Å². The Morgan fingerprint density at radius 3 is 2.71 bits per heavy atom. The second kappa shape index (κ2) is 3.93. The number of para-hydroxylation sites is 1. The molecule has 0 radical (unpaired) electrons. The quantitative estimate of drug-likeness (QED) is 0.569. The molecule has 1 aromatic heterocycles. The normalized spacial score (nSPS) is 19.3. The zero-order valence-electron chi connectivity index (χ0n) is 9.42. The molecule has 0 fully saturated rings. The number of hydrogen-bond acceptors (Lipinski definition) is 3. The van der Waals surface area contributed by atoms with Crippen LogP contribution in [0, 0.1) is 0 Å². The lowest BCUT2D eigenvalue weighted by molar-refractivity contribution is 0.452. The molecule has 1 unspecified atom stereocenters. The molecule has 17 heavy (non-hydrogen) atoms. The third-order valence-electron chi connectivity index (χ3n) is 2.88. The molecular formula is C13H12ClN3. The van der Waals surface area contributed by atoms with Gasteiger partial charge in [0.05, 0.1) is 5.52 Å². The van der Waals surface area contributed by atoms with E-state index in [0.717, 1.165) is 16.7 Å². The highest BCUT2D eigenvalue weighted by atomic mass is 35.5. The van der Waals surface area contributed by atoms with Crippen molar-refractivity contribution in [1.82, 2.24) is 9.88 Å². The van der Waals surface area contributed by atoms with Gasteiger partial charge in [-0.05, 0) is 18.2 Å². The van der Waals surface area contributed by atoms with E-state index in [0.29, 0.717) is 0 Å². The Bertz CT molecular complexity index is 582. The van der Waals surface area contributed by atoms with Crippen molar-refractivity contribution in [3.8, 4) is 0 Å². The van der Waals surface area contributed by atoms with Crippen LogP contribution in [0.25, 0.3) is 10.9 Å². The standard InChI is InChI=1S/C13H12ClN3/c1-16-8-9-17(13(16)14)12-7-6-10-4-2-3-5-11(10)15-12/h2-9,13H,1H3. The summed E-state index contributed by atoms with van der Waals surface area (Å²) in [6.45, 7) is 0. The number of fused-ring (bicyclic) bond motifs is 1. The van der Waals surface area contributed by atoms with E-state index < -0.39 is 0 Å². The van der Waals surface area contributed by atoms with Gasteiger partial charge in [0.1, 0.15) is 5.82 Å². The lowest BCUT2D eigenvalue weighted by atomic mass is 10.2. The van der Waals surface area contributed by atoms with Gasteiger partial charge in [0, 0.05) is 24.8 Å². The van der Waals surface area contributed by atoms with E-state index in [4.69, 9.17) is 11.6 Å². The summed E-state index contributed by atoms with van der Waals surface area (Å²) in [6.07, 6.45) is 3.88. The number of benzene rings is 1. The molecular weight excluding hydrogens is 234 g/mol. The molecule has 0 N–H and O–H groups in total.